The van der Waals surface area contributed by atoms with E-state index in [1.807, 2.05) is 0 Å². The number of aromatic carboxylic acids is 1. The van der Waals surface area contributed by atoms with E-state index in [0.29, 0.717) is 19.4 Å². The fourth-order valence-electron chi connectivity index (χ4n) is 1.64. The summed E-state index contributed by atoms with van der Waals surface area (Å²) >= 11 is 0. The Balaban J connectivity index is 2.44. The van der Waals surface area contributed by atoms with Gasteiger partial charge in [0.15, 0.2) is 0 Å². The zero-order valence-electron chi connectivity index (χ0n) is 6.99. The predicted octanol–water partition coefficient (Wildman–Crippen LogP) is 0.702. The third-order valence-corrected chi connectivity index (χ3v) is 2.28. The summed E-state index contributed by atoms with van der Waals surface area (Å²) in [5, 5.41) is 8.79. The second-order valence-electron chi connectivity index (χ2n) is 3.13. The maximum Gasteiger partial charge on any atom is 0.352 e. The summed E-state index contributed by atoms with van der Waals surface area (Å²) in [6.45, 7) is 0.503. The van der Waals surface area contributed by atoms with E-state index in [2.05, 4.69) is 0 Å². The van der Waals surface area contributed by atoms with E-state index in [1.165, 1.54) is 0 Å². The summed E-state index contributed by atoms with van der Waals surface area (Å²) in [5.41, 5.74) is 1.09. The third kappa shape index (κ3) is 1.24. The highest BCUT2D eigenvalue weighted by Gasteiger charge is 2.20. The molecule has 0 aliphatic carbocycles. The molecule has 2 rings (SSSR count). The number of carboxylic acids is 1. The molecule has 0 saturated carbocycles. The Kier molecular flexibility index (Phi) is 1.69. The van der Waals surface area contributed by atoms with Gasteiger partial charge in [0.25, 0.3) is 0 Å². The number of hydrogen-bond acceptors (Lipinski definition) is 2. The number of carbonyl (C=O) groups is 2. The topological polar surface area (TPSA) is 59.3 Å². The molecule has 0 atom stereocenters. The highest BCUT2D eigenvalue weighted by Crippen LogP contribution is 2.16. The Labute approximate surface area is 74.8 Å². The van der Waals surface area contributed by atoms with Crippen LogP contribution >= 0.6 is 0 Å². The highest BCUT2D eigenvalue weighted by molar-refractivity contribution is 5.88. The monoisotopic (exact) mass is 179 g/mol. The first kappa shape index (κ1) is 8.04. The standard InChI is InChI=1S/C9H9NO3/c11-7-3-4-10-6(5-7)1-2-8(10)9(12)13/h1-2H,3-5H2,(H,12,13). The maximum atomic E-state index is 11.0. The average molecular weight is 179 g/mol. The van der Waals surface area contributed by atoms with E-state index in [4.69, 9.17) is 5.11 Å². The molecule has 68 valence electrons. The summed E-state index contributed by atoms with van der Waals surface area (Å²) in [7, 11) is 0. The molecule has 0 aromatic carbocycles. The first-order valence-electron chi connectivity index (χ1n) is 4.12. The van der Waals surface area contributed by atoms with Gasteiger partial charge in [-0.25, -0.2) is 4.79 Å². The maximum absolute atomic E-state index is 11.0. The van der Waals surface area contributed by atoms with Gasteiger partial charge < -0.3 is 9.67 Å². The minimum Gasteiger partial charge on any atom is -0.477 e. The van der Waals surface area contributed by atoms with Crippen LogP contribution in [0.25, 0.3) is 0 Å². The smallest absolute Gasteiger partial charge is 0.352 e. The van der Waals surface area contributed by atoms with E-state index in [1.54, 1.807) is 16.7 Å². The van der Waals surface area contributed by atoms with Gasteiger partial charge in [-0.05, 0) is 12.1 Å². The fraction of sp³-hybridized carbons (Fsp3) is 0.333. The van der Waals surface area contributed by atoms with E-state index < -0.39 is 5.97 Å². The molecule has 0 fully saturated rings. The van der Waals surface area contributed by atoms with Gasteiger partial charge >= 0.3 is 5.97 Å². The van der Waals surface area contributed by atoms with Gasteiger partial charge in [0.2, 0.25) is 0 Å². The summed E-state index contributed by atoms with van der Waals surface area (Å²) in [4.78, 5) is 21.8. The molecule has 0 spiro atoms. The molecule has 1 N–H and O–H groups in total. The molecular formula is C9H9NO3. The van der Waals surface area contributed by atoms with Crippen molar-refractivity contribution in [3.05, 3.63) is 23.5 Å². The Morgan fingerprint density at radius 2 is 2.23 bits per heavy atom. The fourth-order valence-corrected chi connectivity index (χ4v) is 1.64. The number of nitrogens with zero attached hydrogens (tertiary/aromatic N) is 1. The average Bonchev–Trinajstić information content (AvgIpc) is 2.46. The molecule has 0 unspecified atom stereocenters. The Hall–Kier alpha value is -1.58. The van der Waals surface area contributed by atoms with E-state index in [9.17, 15) is 9.59 Å². The minimum atomic E-state index is -0.930. The summed E-state index contributed by atoms with van der Waals surface area (Å²) < 4.78 is 1.70. The molecule has 4 nitrogen and oxygen atoms in total. The first-order chi connectivity index (χ1) is 6.18. The second kappa shape index (κ2) is 2.73. The molecule has 0 bridgehead atoms. The van der Waals surface area contributed by atoms with Gasteiger partial charge in [-0.3, -0.25) is 4.79 Å². The van der Waals surface area contributed by atoms with E-state index >= 15 is 0 Å². The molecule has 2 heterocycles. The lowest BCUT2D eigenvalue weighted by Crippen LogP contribution is -2.21. The number of aromatic nitrogens is 1. The van der Waals surface area contributed by atoms with Crippen molar-refractivity contribution in [3.8, 4) is 0 Å². The van der Waals surface area contributed by atoms with Crippen molar-refractivity contribution in [2.45, 2.75) is 19.4 Å². The zero-order valence-corrected chi connectivity index (χ0v) is 6.99. The van der Waals surface area contributed by atoms with Crippen LogP contribution < -0.4 is 0 Å². The third-order valence-electron chi connectivity index (χ3n) is 2.28. The van der Waals surface area contributed by atoms with Crippen LogP contribution in [0, 0.1) is 0 Å². The number of carboxylic acid groups (broad SMARTS) is 1. The van der Waals surface area contributed by atoms with Crippen LogP contribution in [-0.4, -0.2) is 21.4 Å². The molecule has 4 heteroatoms. The van der Waals surface area contributed by atoms with Gasteiger partial charge in [0, 0.05) is 25.1 Å². The molecule has 1 aromatic heterocycles. The van der Waals surface area contributed by atoms with Gasteiger partial charge in [-0.1, -0.05) is 0 Å². The quantitative estimate of drug-likeness (QED) is 0.690. The van der Waals surface area contributed by atoms with Gasteiger partial charge in [0.05, 0.1) is 0 Å². The van der Waals surface area contributed by atoms with Crippen LogP contribution in [0.15, 0.2) is 12.1 Å². The van der Waals surface area contributed by atoms with Crippen molar-refractivity contribution >= 4 is 11.8 Å². The molecule has 13 heavy (non-hydrogen) atoms. The Bertz CT molecular complexity index is 378. The van der Waals surface area contributed by atoms with Gasteiger partial charge in [0.1, 0.15) is 11.5 Å². The van der Waals surface area contributed by atoms with Crippen molar-refractivity contribution in [3.63, 3.8) is 0 Å². The first-order valence-corrected chi connectivity index (χ1v) is 4.12. The summed E-state index contributed by atoms with van der Waals surface area (Å²) in [5.74, 6) is -0.747. The van der Waals surface area contributed by atoms with Crippen LogP contribution in [0.3, 0.4) is 0 Å². The lowest BCUT2D eigenvalue weighted by Gasteiger charge is -2.15. The molecule has 0 radical (unpaired) electrons. The van der Waals surface area contributed by atoms with Crippen LogP contribution in [0.5, 0.6) is 0 Å². The number of ketones is 1. The normalized spacial score (nSPS) is 15.5. The minimum absolute atomic E-state index is 0.183. The molecule has 0 amide bonds. The number of rotatable bonds is 1. The van der Waals surface area contributed by atoms with Crippen LogP contribution in [0.4, 0.5) is 0 Å². The summed E-state index contributed by atoms with van der Waals surface area (Å²) in [6.07, 6.45) is 0.815. The molecule has 1 aliphatic rings. The van der Waals surface area contributed by atoms with Crippen molar-refractivity contribution in [1.82, 2.24) is 4.57 Å². The Morgan fingerprint density at radius 3 is 2.92 bits per heavy atom. The number of fused-ring (bicyclic) bond motifs is 1. The van der Waals surface area contributed by atoms with Crippen molar-refractivity contribution in [1.29, 1.82) is 0 Å². The largest absolute Gasteiger partial charge is 0.477 e. The van der Waals surface area contributed by atoms with Crippen molar-refractivity contribution in [2.75, 3.05) is 0 Å². The molecule has 1 aromatic rings. The van der Waals surface area contributed by atoms with E-state index in [0.717, 1.165) is 5.69 Å². The lowest BCUT2D eigenvalue weighted by molar-refractivity contribution is -0.119. The number of hydrogen-bond donors (Lipinski definition) is 1. The predicted molar refractivity (Wildman–Crippen MR) is 44.7 cm³/mol. The van der Waals surface area contributed by atoms with Crippen LogP contribution in [0.1, 0.15) is 22.6 Å². The second-order valence-corrected chi connectivity index (χ2v) is 3.13. The van der Waals surface area contributed by atoms with Crippen molar-refractivity contribution in [2.24, 2.45) is 0 Å². The number of carbonyl (C=O) groups excluding carboxylic acids is 1. The Morgan fingerprint density at radius 1 is 1.46 bits per heavy atom. The molecule has 1 aliphatic heterocycles. The van der Waals surface area contributed by atoms with Crippen LogP contribution in [0.2, 0.25) is 0 Å². The molecular weight excluding hydrogens is 170 g/mol. The zero-order chi connectivity index (χ0) is 9.42. The molecule has 0 saturated heterocycles. The summed E-state index contributed by atoms with van der Waals surface area (Å²) in [6, 6.07) is 3.26. The number of Topliss-reactive ketones (excluding diaryl/α,β-unsaturated/α-hetero) is 1. The SMILES string of the molecule is O=C1CCn2c(ccc2C(=O)O)C1. The highest BCUT2D eigenvalue weighted by atomic mass is 16.4. The lowest BCUT2D eigenvalue weighted by atomic mass is 10.1. The van der Waals surface area contributed by atoms with Gasteiger partial charge in [-0.15, -0.1) is 0 Å². The van der Waals surface area contributed by atoms with Crippen molar-refractivity contribution < 1.29 is 14.7 Å². The van der Waals surface area contributed by atoms with Gasteiger partial charge in [-0.2, -0.15) is 0 Å². The van der Waals surface area contributed by atoms with Crippen LogP contribution in [-0.2, 0) is 17.8 Å². The van der Waals surface area contributed by atoms with E-state index in [-0.39, 0.29) is 11.5 Å².